The second-order valence-corrected chi connectivity index (χ2v) is 7.37. The Bertz CT molecular complexity index is 1240. The van der Waals surface area contributed by atoms with E-state index in [2.05, 4.69) is 15.3 Å². The predicted molar refractivity (Wildman–Crippen MR) is 125 cm³/mol. The number of ether oxygens (including phenoxy) is 3. The fourth-order valence-corrected chi connectivity index (χ4v) is 3.31. The Morgan fingerprint density at radius 2 is 1.94 bits per heavy atom. The zero-order valence-electron chi connectivity index (χ0n) is 18.3. The van der Waals surface area contributed by atoms with Crippen molar-refractivity contribution in [1.29, 1.82) is 5.26 Å². The number of hydrogen-bond acceptors (Lipinski definition) is 8. The van der Waals surface area contributed by atoms with Gasteiger partial charge in [-0.05, 0) is 55.6 Å². The number of nitrogens with zero attached hydrogens (tertiary/aromatic N) is 2. The zero-order chi connectivity index (χ0) is 23.8. The Hall–Kier alpha value is -3.97. The monoisotopic (exact) mass is 466 g/mol. The van der Waals surface area contributed by atoms with Crippen LogP contribution in [0.2, 0.25) is 0 Å². The summed E-state index contributed by atoms with van der Waals surface area (Å²) in [5, 5.41) is 12.5. The van der Waals surface area contributed by atoms with Gasteiger partial charge in [-0.15, -0.1) is 0 Å². The fraction of sp³-hybridized carbons (Fsp3) is 0.217. The Kier molecular flexibility index (Phi) is 7.94. The lowest BCUT2D eigenvalue weighted by molar-refractivity contribution is -0.118. The van der Waals surface area contributed by atoms with Crippen LogP contribution in [0.1, 0.15) is 12.5 Å². The number of amides is 1. The van der Waals surface area contributed by atoms with E-state index in [1.54, 1.807) is 48.7 Å². The number of benzene rings is 2. The first-order valence-corrected chi connectivity index (χ1v) is 11.1. The van der Waals surface area contributed by atoms with Crippen molar-refractivity contribution in [2.75, 3.05) is 31.9 Å². The van der Waals surface area contributed by atoms with Crippen LogP contribution >= 0.6 is 11.8 Å². The highest BCUT2D eigenvalue weighted by Gasteiger charge is 2.16. The van der Waals surface area contributed by atoms with Gasteiger partial charge >= 0.3 is 0 Å². The lowest BCUT2D eigenvalue weighted by Gasteiger charge is -2.13. The van der Waals surface area contributed by atoms with Crippen LogP contribution < -0.4 is 25.1 Å². The number of nitriles is 1. The third kappa shape index (κ3) is 5.84. The second kappa shape index (κ2) is 11.1. The molecule has 0 fully saturated rings. The first-order valence-electron chi connectivity index (χ1n) is 9.91. The Balaban J connectivity index is 1.74. The summed E-state index contributed by atoms with van der Waals surface area (Å²) in [5.74, 6) is 1.03. The highest BCUT2D eigenvalue weighted by molar-refractivity contribution is 7.98. The molecule has 33 heavy (non-hydrogen) atoms. The SMILES string of the molecule is CCOc1ccc(NC(=O)COc2ccc(-c3nc(SC)[nH]c(=O)c3C#N)cc2OC)cc1. The molecule has 0 atom stereocenters. The molecule has 0 unspecified atom stereocenters. The Morgan fingerprint density at radius 1 is 1.18 bits per heavy atom. The summed E-state index contributed by atoms with van der Waals surface area (Å²) in [6, 6.07) is 13.8. The summed E-state index contributed by atoms with van der Waals surface area (Å²) in [7, 11) is 1.45. The van der Waals surface area contributed by atoms with Crippen LogP contribution in [0.5, 0.6) is 17.2 Å². The van der Waals surface area contributed by atoms with Gasteiger partial charge in [0, 0.05) is 11.3 Å². The number of anilines is 1. The summed E-state index contributed by atoms with van der Waals surface area (Å²) >= 11 is 1.26. The standard InChI is InChI=1S/C23H22N4O5S/c1-4-31-16-8-6-15(7-9-16)25-20(28)13-32-18-10-5-14(11-19(18)30-2)21-17(12-24)22(29)27-23(26-21)33-3/h5-11H,4,13H2,1-3H3,(H,25,28)(H,26,27,29). The summed E-state index contributed by atoms with van der Waals surface area (Å²) in [4.78, 5) is 31.4. The number of nitrogens with one attached hydrogen (secondary N) is 2. The Labute approximate surface area is 194 Å². The average Bonchev–Trinajstić information content (AvgIpc) is 2.83. The van der Waals surface area contributed by atoms with E-state index in [1.165, 1.54) is 18.9 Å². The van der Waals surface area contributed by atoms with Crippen molar-refractivity contribution in [3.63, 3.8) is 0 Å². The smallest absolute Gasteiger partial charge is 0.270 e. The van der Waals surface area contributed by atoms with Crippen molar-refractivity contribution in [1.82, 2.24) is 9.97 Å². The fourth-order valence-electron chi connectivity index (χ4n) is 2.94. The number of methoxy groups -OCH3 is 1. The number of hydrogen-bond donors (Lipinski definition) is 2. The lowest BCUT2D eigenvalue weighted by atomic mass is 10.1. The number of thioether (sulfide) groups is 1. The molecule has 3 aromatic rings. The number of aromatic amines is 1. The summed E-state index contributed by atoms with van der Waals surface area (Å²) in [6.07, 6.45) is 1.77. The van der Waals surface area contributed by atoms with E-state index in [0.717, 1.165) is 5.75 Å². The first kappa shape index (κ1) is 23.7. The van der Waals surface area contributed by atoms with E-state index >= 15 is 0 Å². The molecule has 0 saturated carbocycles. The topological polar surface area (TPSA) is 126 Å². The van der Waals surface area contributed by atoms with Gasteiger partial charge in [-0.1, -0.05) is 11.8 Å². The van der Waals surface area contributed by atoms with Crippen molar-refractivity contribution in [3.8, 4) is 34.6 Å². The number of rotatable bonds is 9. The van der Waals surface area contributed by atoms with E-state index in [4.69, 9.17) is 14.2 Å². The summed E-state index contributed by atoms with van der Waals surface area (Å²) < 4.78 is 16.4. The highest BCUT2D eigenvalue weighted by atomic mass is 32.2. The van der Waals surface area contributed by atoms with E-state index in [9.17, 15) is 14.9 Å². The molecule has 1 aromatic heterocycles. The summed E-state index contributed by atoms with van der Waals surface area (Å²) in [5.41, 5.74) is 0.749. The molecule has 0 aliphatic rings. The molecule has 1 amide bonds. The molecule has 0 aliphatic carbocycles. The molecule has 1 heterocycles. The van der Waals surface area contributed by atoms with E-state index in [1.807, 2.05) is 13.0 Å². The molecule has 170 valence electrons. The average molecular weight is 467 g/mol. The molecule has 9 nitrogen and oxygen atoms in total. The van der Waals surface area contributed by atoms with Crippen LogP contribution in [-0.4, -0.2) is 42.5 Å². The molecule has 10 heteroatoms. The number of carbonyl (C=O) groups excluding carboxylic acids is 1. The van der Waals surface area contributed by atoms with Crippen LogP contribution in [0.15, 0.2) is 52.4 Å². The molecule has 0 bridgehead atoms. The highest BCUT2D eigenvalue weighted by Crippen LogP contribution is 2.33. The van der Waals surface area contributed by atoms with Gasteiger partial charge in [0.1, 0.15) is 17.4 Å². The molecular weight excluding hydrogens is 444 g/mol. The minimum atomic E-state index is -0.517. The van der Waals surface area contributed by atoms with Crippen LogP contribution in [0.3, 0.4) is 0 Å². The van der Waals surface area contributed by atoms with Crippen LogP contribution in [0.4, 0.5) is 5.69 Å². The normalized spacial score (nSPS) is 10.2. The number of carbonyl (C=O) groups is 1. The molecular formula is C23H22N4O5S. The maximum atomic E-state index is 12.3. The predicted octanol–water partition coefficient (Wildman–Crippen LogP) is 3.46. The largest absolute Gasteiger partial charge is 0.494 e. The van der Waals surface area contributed by atoms with Crippen LogP contribution in [0.25, 0.3) is 11.3 Å². The van der Waals surface area contributed by atoms with Gasteiger partial charge in [0.05, 0.1) is 19.4 Å². The molecule has 0 spiro atoms. The van der Waals surface area contributed by atoms with Gasteiger partial charge in [0.2, 0.25) is 0 Å². The third-order valence-electron chi connectivity index (χ3n) is 4.45. The third-order valence-corrected chi connectivity index (χ3v) is 5.03. The quantitative estimate of drug-likeness (QED) is 0.363. The number of aromatic nitrogens is 2. The first-order chi connectivity index (χ1) is 16.0. The maximum Gasteiger partial charge on any atom is 0.270 e. The van der Waals surface area contributed by atoms with Gasteiger partial charge in [0.15, 0.2) is 23.3 Å². The second-order valence-electron chi connectivity index (χ2n) is 6.57. The number of H-pyrrole nitrogens is 1. The molecule has 2 aromatic carbocycles. The molecule has 3 rings (SSSR count). The van der Waals surface area contributed by atoms with E-state index < -0.39 is 5.56 Å². The zero-order valence-corrected chi connectivity index (χ0v) is 19.1. The molecule has 2 N–H and O–H groups in total. The van der Waals surface area contributed by atoms with Crippen LogP contribution in [0, 0.1) is 11.3 Å². The van der Waals surface area contributed by atoms with Crippen molar-refractivity contribution in [2.24, 2.45) is 0 Å². The van der Waals surface area contributed by atoms with Crippen molar-refractivity contribution >= 4 is 23.4 Å². The van der Waals surface area contributed by atoms with Gasteiger partial charge < -0.3 is 24.5 Å². The Morgan fingerprint density at radius 3 is 2.58 bits per heavy atom. The van der Waals surface area contributed by atoms with E-state index in [-0.39, 0.29) is 23.8 Å². The van der Waals surface area contributed by atoms with Gasteiger partial charge in [-0.25, -0.2) is 4.98 Å². The van der Waals surface area contributed by atoms with Gasteiger partial charge in [0.25, 0.3) is 11.5 Å². The molecule has 0 aliphatic heterocycles. The maximum absolute atomic E-state index is 12.3. The van der Waals surface area contributed by atoms with Crippen molar-refractivity contribution in [3.05, 3.63) is 58.4 Å². The minimum absolute atomic E-state index is 0.0988. The van der Waals surface area contributed by atoms with Crippen LogP contribution in [-0.2, 0) is 4.79 Å². The van der Waals surface area contributed by atoms with Crippen molar-refractivity contribution < 1.29 is 19.0 Å². The van der Waals surface area contributed by atoms with Crippen molar-refractivity contribution in [2.45, 2.75) is 12.1 Å². The minimum Gasteiger partial charge on any atom is -0.494 e. The molecule has 0 radical (unpaired) electrons. The molecule has 0 saturated heterocycles. The van der Waals surface area contributed by atoms with E-state index in [0.29, 0.717) is 34.5 Å². The lowest BCUT2D eigenvalue weighted by Crippen LogP contribution is -2.20. The van der Waals surface area contributed by atoms with Gasteiger partial charge in [-0.2, -0.15) is 5.26 Å². The summed E-state index contributed by atoms with van der Waals surface area (Å²) in [6.45, 7) is 2.22. The van der Waals surface area contributed by atoms with Gasteiger partial charge in [-0.3, -0.25) is 9.59 Å².